The number of anilines is 2. The first-order valence-corrected chi connectivity index (χ1v) is 5.67. The van der Waals surface area contributed by atoms with Crippen LogP contribution in [-0.2, 0) is 9.47 Å². The summed E-state index contributed by atoms with van der Waals surface area (Å²) in [6.07, 6.45) is 0.915. The molecule has 1 fully saturated rings. The Morgan fingerprint density at radius 3 is 3.19 bits per heavy atom. The number of nitrogens with two attached hydrogens (primary N) is 1. The largest absolute Gasteiger partial charge is 0.465 e. The molecule has 1 atom stereocenters. The van der Waals surface area contributed by atoms with Crippen molar-refractivity contribution in [3.63, 3.8) is 0 Å². The van der Waals surface area contributed by atoms with Gasteiger partial charge in [0.25, 0.3) is 0 Å². The topological polar surface area (TPSA) is 86.5 Å². The molecule has 1 aromatic heterocycles. The summed E-state index contributed by atoms with van der Waals surface area (Å²) in [5.41, 5.74) is 5.94. The van der Waals surface area contributed by atoms with E-state index in [4.69, 9.17) is 10.5 Å². The third-order valence-electron chi connectivity index (χ3n) is 2.37. The highest BCUT2D eigenvalue weighted by Crippen LogP contribution is 2.28. The van der Waals surface area contributed by atoms with Gasteiger partial charge in [-0.2, -0.15) is 4.37 Å². The number of esters is 1. The average Bonchev–Trinajstić information content (AvgIpc) is 2.89. The van der Waals surface area contributed by atoms with E-state index in [2.05, 4.69) is 14.4 Å². The second kappa shape index (κ2) is 4.67. The lowest BCUT2D eigenvalue weighted by Crippen LogP contribution is -2.20. The number of ether oxygens (including phenoxy) is 2. The predicted octanol–water partition coefficient (Wildman–Crippen LogP) is 0.713. The summed E-state index contributed by atoms with van der Waals surface area (Å²) in [5.74, 6) is -0.258. The van der Waals surface area contributed by atoms with Gasteiger partial charge >= 0.3 is 5.97 Å². The fourth-order valence-electron chi connectivity index (χ4n) is 1.53. The summed E-state index contributed by atoms with van der Waals surface area (Å²) in [5, 5.41) is 3.85. The molecule has 0 aromatic carbocycles. The third kappa shape index (κ3) is 2.10. The normalized spacial score (nSPS) is 19.7. The number of aromatic nitrogens is 1. The van der Waals surface area contributed by atoms with E-state index in [1.54, 1.807) is 0 Å². The molecule has 1 aromatic rings. The molecule has 0 radical (unpaired) electrons. The highest BCUT2D eigenvalue weighted by atomic mass is 32.1. The predicted molar refractivity (Wildman–Crippen MR) is 60.7 cm³/mol. The van der Waals surface area contributed by atoms with Crippen LogP contribution >= 0.6 is 11.5 Å². The van der Waals surface area contributed by atoms with Gasteiger partial charge in [0.2, 0.25) is 0 Å². The Kier molecular flexibility index (Phi) is 3.25. The molecule has 0 spiro atoms. The lowest BCUT2D eigenvalue weighted by molar-refractivity contribution is 0.0603. The van der Waals surface area contributed by atoms with Gasteiger partial charge in [-0.05, 0) is 18.0 Å². The van der Waals surface area contributed by atoms with Crippen molar-refractivity contribution in [1.29, 1.82) is 0 Å². The van der Waals surface area contributed by atoms with Crippen molar-refractivity contribution in [3.05, 3.63) is 5.56 Å². The van der Waals surface area contributed by atoms with E-state index in [0.29, 0.717) is 17.2 Å². The Morgan fingerprint density at radius 1 is 1.75 bits per heavy atom. The molecule has 0 amide bonds. The molecule has 2 rings (SSSR count). The highest BCUT2D eigenvalue weighted by Gasteiger charge is 2.23. The van der Waals surface area contributed by atoms with Gasteiger partial charge in [-0.3, -0.25) is 0 Å². The zero-order valence-corrected chi connectivity index (χ0v) is 9.67. The molecule has 2 heterocycles. The number of carbonyl (C=O) groups excluding carboxylic acids is 1. The first-order valence-electron chi connectivity index (χ1n) is 4.90. The van der Waals surface area contributed by atoms with Gasteiger partial charge in [0, 0.05) is 6.61 Å². The van der Waals surface area contributed by atoms with Crippen LogP contribution in [0.5, 0.6) is 0 Å². The first kappa shape index (κ1) is 11.2. The van der Waals surface area contributed by atoms with Crippen LogP contribution in [0, 0.1) is 0 Å². The molecule has 88 valence electrons. The van der Waals surface area contributed by atoms with Crippen LogP contribution in [0.3, 0.4) is 0 Å². The van der Waals surface area contributed by atoms with E-state index in [-0.39, 0.29) is 11.9 Å². The maximum atomic E-state index is 11.5. The molecule has 0 bridgehead atoms. The molecule has 6 nitrogen and oxygen atoms in total. The number of rotatable bonds is 3. The van der Waals surface area contributed by atoms with Gasteiger partial charge in [0.1, 0.15) is 10.6 Å². The van der Waals surface area contributed by atoms with Gasteiger partial charge < -0.3 is 20.5 Å². The number of hydrogen-bond acceptors (Lipinski definition) is 7. The molecule has 0 saturated carbocycles. The summed E-state index contributed by atoms with van der Waals surface area (Å²) in [4.78, 5) is 11.5. The van der Waals surface area contributed by atoms with Crippen molar-refractivity contribution in [3.8, 4) is 0 Å². The minimum atomic E-state index is -0.465. The second-order valence-electron chi connectivity index (χ2n) is 3.47. The lowest BCUT2D eigenvalue weighted by atomic mass is 10.2. The molecule has 1 aliphatic rings. The fraction of sp³-hybridized carbons (Fsp3) is 0.556. The summed E-state index contributed by atoms with van der Waals surface area (Å²) in [7, 11) is 1.32. The van der Waals surface area contributed by atoms with Crippen LogP contribution in [0.25, 0.3) is 0 Å². The molecule has 1 aliphatic heterocycles. The van der Waals surface area contributed by atoms with Crippen LogP contribution in [0.1, 0.15) is 16.8 Å². The monoisotopic (exact) mass is 243 g/mol. The maximum Gasteiger partial charge on any atom is 0.344 e. The summed E-state index contributed by atoms with van der Waals surface area (Å²) in [6, 6.07) is 0.211. The van der Waals surface area contributed by atoms with Crippen molar-refractivity contribution < 1.29 is 14.3 Å². The Bertz CT molecular complexity index is 387. The quantitative estimate of drug-likeness (QED) is 0.760. The van der Waals surface area contributed by atoms with Crippen molar-refractivity contribution in [2.75, 3.05) is 31.4 Å². The van der Waals surface area contributed by atoms with E-state index >= 15 is 0 Å². The van der Waals surface area contributed by atoms with Crippen LogP contribution in [0.2, 0.25) is 0 Å². The van der Waals surface area contributed by atoms with Crippen molar-refractivity contribution >= 4 is 28.3 Å². The molecule has 0 aliphatic carbocycles. The van der Waals surface area contributed by atoms with E-state index in [1.165, 1.54) is 7.11 Å². The van der Waals surface area contributed by atoms with Gasteiger partial charge in [-0.15, -0.1) is 0 Å². The van der Waals surface area contributed by atoms with E-state index in [1.807, 2.05) is 0 Å². The lowest BCUT2D eigenvalue weighted by Gasteiger charge is -2.10. The zero-order chi connectivity index (χ0) is 11.5. The summed E-state index contributed by atoms with van der Waals surface area (Å²) >= 11 is 1.16. The van der Waals surface area contributed by atoms with E-state index in [0.717, 1.165) is 24.6 Å². The molecule has 16 heavy (non-hydrogen) atoms. The third-order valence-corrected chi connectivity index (χ3v) is 3.17. The van der Waals surface area contributed by atoms with Crippen LogP contribution < -0.4 is 11.1 Å². The second-order valence-corrected chi connectivity index (χ2v) is 4.24. The number of nitrogens with zero attached hydrogens (tertiary/aromatic N) is 1. The van der Waals surface area contributed by atoms with Gasteiger partial charge in [0.15, 0.2) is 5.82 Å². The number of nitrogen functional groups attached to an aromatic ring is 1. The van der Waals surface area contributed by atoms with E-state index < -0.39 is 5.97 Å². The molecule has 1 saturated heterocycles. The summed E-state index contributed by atoms with van der Waals surface area (Å²) in [6.45, 7) is 1.37. The van der Waals surface area contributed by atoms with Gasteiger partial charge in [-0.25, -0.2) is 4.79 Å². The van der Waals surface area contributed by atoms with Crippen LogP contribution in [0.15, 0.2) is 0 Å². The highest BCUT2D eigenvalue weighted by molar-refractivity contribution is 7.11. The minimum Gasteiger partial charge on any atom is -0.465 e. The zero-order valence-electron chi connectivity index (χ0n) is 8.86. The number of carbonyl (C=O) groups is 1. The number of hydrogen-bond donors (Lipinski definition) is 2. The molecule has 1 unspecified atom stereocenters. The van der Waals surface area contributed by atoms with Crippen molar-refractivity contribution in [2.45, 2.75) is 12.5 Å². The van der Waals surface area contributed by atoms with Crippen molar-refractivity contribution in [1.82, 2.24) is 4.37 Å². The number of nitrogens with one attached hydrogen (secondary N) is 1. The van der Waals surface area contributed by atoms with Crippen LogP contribution in [0.4, 0.5) is 10.8 Å². The number of methoxy groups -OCH3 is 1. The average molecular weight is 243 g/mol. The minimum absolute atomic E-state index is 0.207. The van der Waals surface area contributed by atoms with Crippen molar-refractivity contribution in [2.24, 2.45) is 0 Å². The van der Waals surface area contributed by atoms with Crippen LogP contribution in [-0.4, -0.2) is 36.7 Å². The fourth-order valence-corrected chi connectivity index (χ4v) is 2.31. The Morgan fingerprint density at radius 2 is 2.56 bits per heavy atom. The maximum absolute atomic E-state index is 11.5. The summed E-state index contributed by atoms with van der Waals surface area (Å²) < 4.78 is 13.8. The SMILES string of the molecule is COC(=O)c1c(N)nsc1NC1CCOC1. The van der Waals surface area contributed by atoms with E-state index in [9.17, 15) is 4.79 Å². The molecule has 3 N–H and O–H groups in total. The molecular formula is C9H13N3O3S. The first-order chi connectivity index (χ1) is 7.72. The Hall–Kier alpha value is -1.34. The Labute approximate surface area is 96.9 Å². The molecule has 7 heteroatoms. The Balaban J connectivity index is 2.16. The smallest absolute Gasteiger partial charge is 0.344 e. The molecular weight excluding hydrogens is 230 g/mol. The standard InChI is InChI=1S/C9H13N3O3S/c1-14-9(13)6-7(10)12-16-8(6)11-5-2-3-15-4-5/h5,11H,2-4H2,1H3,(H2,10,12). The van der Waals surface area contributed by atoms with Gasteiger partial charge in [-0.1, -0.05) is 0 Å². The van der Waals surface area contributed by atoms with Gasteiger partial charge in [0.05, 0.1) is 19.8 Å².